The Morgan fingerprint density at radius 1 is 0.905 bits per heavy atom. The first-order chi connectivity index (χ1) is 20.2. The van der Waals surface area contributed by atoms with Gasteiger partial charge in [0.1, 0.15) is 12.6 Å². The molecule has 0 radical (unpaired) electrons. The summed E-state index contributed by atoms with van der Waals surface area (Å²) in [6.07, 6.45) is 6.20. The number of nitrogens with zero attached hydrogens (tertiary/aromatic N) is 2. The van der Waals surface area contributed by atoms with E-state index in [0.717, 1.165) is 42.4 Å². The molecule has 0 unspecified atom stereocenters. The standard InChI is InChI=1S/C34H43N3O4S/c1-4-31(34(39)35-29-16-10-6-11-17-29)36(23-22-28-14-8-5-9-15-28)33(38)25-37(32-21-20-26(2)24-27(32)3)42(40,41)30-18-12-7-13-19-30/h5,7-9,12-15,18-21,24,29,31H,4,6,10-11,16-17,22-23,25H2,1-3H3,(H,35,39)/t31-/m1/s1. The van der Waals surface area contributed by atoms with E-state index in [1.807, 2.05) is 63.2 Å². The van der Waals surface area contributed by atoms with Crippen molar-refractivity contribution in [2.75, 3.05) is 17.4 Å². The third-order valence-electron chi connectivity index (χ3n) is 8.05. The molecule has 3 aromatic rings. The predicted octanol–water partition coefficient (Wildman–Crippen LogP) is 5.80. The van der Waals surface area contributed by atoms with Crippen LogP contribution < -0.4 is 9.62 Å². The number of nitrogens with one attached hydrogen (secondary N) is 1. The molecule has 1 atom stereocenters. The molecule has 7 nitrogen and oxygen atoms in total. The van der Waals surface area contributed by atoms with Gasteiger partial charge < -0.3 is 10.2 Å². The van der Waals surface area contributed by atoms with Crippen LogP contribution in [0.5, 0.6) is 0 Å². The third-order valence-corrected chi connectivity index (χ3v) is 9.83. The number of benzene rings is 3. The number of carbonyl (C=O) groups excluding carboxylic acids is 2. The zero-order chi connectivity index (χ0) is 30.1. The van der Waals surface area contributed by atoms with Gasteiger partial charge in [0.05, 0.1) is 10.6 Å². The van der Waals surface area contributed by atoms with Crippen molar-refractivity contribution >= 4 is 27.5 Å². The van der Waals surface area contributed by atoms with Crippen molar-refractivity contribution in [3.8, 4) is 0 Å². The van der Waals surface area contributed by atoms with Gasteiger partial charge in [0.2, 0.25) is 11.8 Å². The molecule has 1 aliphatic carbocycles. The highest BCUT2D eigenvalue weighted by Crippen LogP contribution is 2.28. The average molecular weight is 590 g/mol. The lowest BCUT2D eigenvalue weighted by Crippen LogP contribution is -2.54. The summed E-state index contributed by atoms with van der Waals surface area (Å²) >= 11 is 0. The van der Waals surface area contributed by atoms with E-state index in [0.29, 0.717) is 25.1 Å². The van der Waals surface area contributed by atoms with Gasteiger partial charge in [-0.15, -0.1) is 0 Å². The van der Waals surface area contributed by atoms with Crippen LogP contribution in [0.25, 0.3) is 0 Å². The molecule has 0 aromatic heterocycles. The van der Waals surface area contributed by atoms with Gasteiger partial charge >= 0.3 is 0 Å². The number of rotatable bonds is 12. The van der Waals surface area contributed by atoms with E-state index >= 15 is 0 Å². The number of hydrogen-bond donors (Lipinski definition) is 1. The van der Waals surface area contributed by atoms with Gasteiger partial charge in [0, 0.05) is 12.6 Å². The summed E-state index contributed by atoms with van der Waals surface area (Å²) in [5, 5.41) is 3.20. The number of amides is 2. The zero-order valence-electron chi connectivity index (χ0n) is 25.0. The molecule has 0 bridgehead atoms. The predicted molar refractivity (Wildman–Crippen MR) is 168 cm³/mol. The first-order valence-corrected chi connectivity index (χ1v) is 16.4. The van der Waals surface area contributed by atoms with Gasteiger partial charge in [-0.05, 0) is 68.9 Å². The van der Waals surface area contributed by atoms with E-state index in [1.54, 1.807) is 29.2 Å². The van der Waals surface area contributed by atoms with Crippen LogP contribution in [0.15, 0.2) is 83.8 Å². The third kappa shape index (κ3) is 7.79. The number of carbonyl (C=O) groups is 2. The van der Waals surface area contributed by atoms with Crippen LogP contribution in [0, 0.1) is 13.8 Å². The monoisotopic (exact) mass is 589 g/mol. The van der Waals surface area contributed by atoms with Gasteiger partial charge in [0.25, 0.3) is 10.0 Å². The number of sulfonamides is 1. The molecule has 1 N–H and O–H groups in total. The molecule has 2 amide bonds. The van der Waals surface area contributed by atoms with Gasteiger partial charge in [-0.3, -0.25) is 13.9 Å². The van der Waals surface area contributed by atoms with Gasteiger partial charge in [0.15, 0.2) is 0 Å². The largest absolute Gasteiger partial charge is 0.352 e. The fourth-order valence-electron chi connectivity index (χ4n) is 5.76. The van der Waals surface area contributed by atoms with Crippen molar-refractivity contribution < 1.29 is 18.0 Å². The highest BCUT2D eigenvalue weighted by molar-refractivity contribution is 7.92. The number of anilines is 1. The molecule has 0 spiro atoms. The highest BCUT2D eigenvalue weighted by Gasteiger charge is 2.34. The van der Waals surface area contributed by atoms with Crippen molar-refractivity contribution in [2.45, 2.75) is 82.7 Å². The second kappa shape index (κ2) is 14.5. The zero-order valence-corrected chi connectivity index (χ0v) is 25.8. The summed E-state index contributed by atoms with van der Waals surface area (Å²) < 4.78 is 29.2. The minimum absolute atomic E-state index is 0.107. The Balaban J connectivity index is 1.68. The average Bonchev–Trinajstić information content (AvgIpc) is 2.99. The molecule has 42 heavy (non-hydrogen) atoms. The van der Waals surface area contributed by atoms with Crippen molar-refractivity contribution in [3.05, 3.63) is 95.6 Å². The Labute approximate surface area is 251 Å². The smallest absolute Gasteiger partial charge is 0.264 e. The molecular formula is C34H43N3O4S. The van der Waals surface area contributed by atoms with E-state index in [4.69, 9.17) is 0 Å². The Hall–Kier alpha value is -3.65. The SMILES string of the molecule is CC[C@H](C(=O)NC1CCCCC1)N(CCc1ccccc1)C(=O)CN(c1ccc(C)cc1C)S(=O)(=O)c1ccccc1. The van der Waals surface area contributed by atoms with Gasteiger partial charge in [-0.2, -0.15) is 0 Å². The van der Waals surface area contributed by atoms with Crippen LogP contribution in [0.1, 0.15) is 62.1 Å². The first kappa shape index (κ1) is 31.3. The number of hydrogen-bond acceptors (Lipinski definition) is 4. The fraction of sp³-hybridized carbons (Fsp3) is 0.412. The summed E-state index contributed by atoms with van der Waals surface area (Å²) in [5.74, 6) is -0.578. The lowest BCUT2D eigenvalue weighted by atomic mass is 9.95. The van der Waals surface area contributed by atoms with Crippen molar-refractivity contribution in [1.82, 2.24) is 10.2 Å². The van der Waals surface area contributed by atoms with Crippen LogP contribution in [0.3, 0.4) is 0 Å². The van der Waals surface area contributed by atoms with E-state index < -0.39 is 28.5 Å². The molecular weight excluding hydrogens is 546 g/mol. The maximum atomic E-state index is 14.2. The van der Waals surface area contributed by atoms with Crippen LogP contribution in [0.4, 0.5) is 5.69 Å². The fourth-order valence-corrected chi connectivity index (χ4v) is 7.26. The molecule has 0 saturated heterocycles. The van der Waals surface area contributed by atoms with Crippen molar-refractivity contribution in [3.63, 3.8) is 0 Å². The van der Waals surface area contributed by atoms with E-state index in [1.165, 1.54) is 22.9 Å². The topological polar surface area (TPSA) is 86.8 Å². The van der Waals surface area contributed by atoms with Crippen LogP contribution >= 0.6 is 0 Å². The van der Waals surface area contributed by atoms with E-state index in [-0.39, 0.29) is 16.8 Å². The summed E-state index contributed by atoms with van der Waals surface area (Å²) in [6.45, 7) is 5.57. The summed E-state index contributed by atoms with van der Waals surface area (Å²) in [7, 11) is -4.08. The summed E-state index contributed by atoms with van der Waals surface area (Å²) in [5.41, 5.74) is 3.23. The second-order valence-electron chi connectivity index (χ2n) is 11.2. The Bertz CT molecular complexity index is 1440. The van der Waals surface area contributed by atoms with Crippen molar-refractivity contribution in [2.24, 2.45) is 0 Å². The molecule has 4 rings (SSSR count). The van der Waals surface area contributed by atoms with Crippen LogP contribution in [-0.2, 0) is 26.0 Å². The summed E-state index contributed by atoms with van der Waals surface area (Å²) in [4.78, 5) is 29.6. The quantitative estimate of drug-likeness (QED) is 0.289. The Kier molecular flexibility index (Phi) is 10.8. The first-order valence-electron chi connectivity index (χ1n) is 15.0. The lowest BCUT2D eigenvalue weighted by molar-refractivity contribution is -0.140. The molecule has 1 fully saturated rings. The minimum Gasteiger partial charge on any atom is -0.352 e. The number of aryl methyl sites for hydroxylation is 2. The molecule has 8 heteroatoms. The Morgan fingerprint density at radius 2 is 1.55 bits per heavy atom. The minimum atomic E-state index is -4.08. The van der Waals surface area contributed by atoms with E-state index in [9.17, 15) is 18.0 Å². The van der Waals surface area contributed by atoms with Crippen LogP contribution in [0.2, 0.25) is 0 Å². The summed E-state index contributed by atoms with van der Waals surface area (Å²) in [6, 6.07) is 22.9. The Morgan fingerprint density at radius 3 is 2.17 bits per heavy atom. The molecule has 1 saturated carbocycles. The second-order valence-corrected chi connectivity index (χ2v) is 13.1. The molecule has 0 heterocycles. The normalized spacial score (nSPS) is 14.6. The maximum absolute atomic E-state index is 14.2. The van der Waals surface area contributed by atoms with Gasteiger partial charge in [-0.25, -0.2) is 8.42 Å². The van der Waals surface area contributed by atoms with Gasteiger partial charge in [-0.1, -0.05) is 92.4 Å². The maximum Gasteiger partial charge on any atom is 0.264 e. The molecule has 0 aliphatic heterocycles. The molecule has 3 aromatic carbocycles. The van der Waals surface area contributed by atoms with E-state index in [2.05, 4.69) is 5.32 Å². The highest BCUT2D eigenvalue weighted by atomic mass is 32.2. The molecule has 224 valence electrons. The van der Waals surface area contributed by atoms with Crippen molar-refractivity contribution in [1.29, 1.82) is 0 Å². The lowest BCUT2D eigenvalue weighted by Gasteiger charge is -2.34. The molecule has 1 aliphatic rings. The van der Waals surface area contributed by atoms with Crippen LogP contribution in [-0.4, -0.2) is 50.3 Å².